The van der Waals surface area contributed by atoms with Gasteiger partial charge in [-0.05, 0) is 44.4 Å². The van der Waals surface area contributed by atoms with E-state index in [2.05, 4.69) is 5.43 Å². The third-order valence-electron chi connectivity index (χ3n) is 5.18. The summed E-state index contributed by atoms with van der Waals surface area (Å²) in [6.07, 6.45) is 0.346. The number of hydrogen-bond donors (Lipinski definition) is 1. The fraction of sp³-hybridized carbons (Fsp3) is 0.500. The Kier molecular flexibility index (Phi) is 3.76. The quantitative estimate of drug-likeness (QED) is 0.822. The van der Waals surface area contributed by atoms with Crippen LogP contribution >= 0.6 is 0 Å². The molecule has 3 aliphatic rings. The Balaban J connectivity index is 1.42. The second-order valence-corrected chi connectivity index (χ2v) is 6.91. The van der Waals surface area contributed by atoms with Crippen LogP contribution < -0.4 is 10.2 Å². The zero-order chi connectivity index (χ0) is 17.7. The van der Waals surface area contributed by atoms with Crippen molar-refractivity contribution >= 4 is 17.7 Å². The van der Waals surface area contributed by atoms with Crippen LogP contribution in [-0.2, 0) is 19.1 Å². The van der Waals surface area contributed by atoms with Crippen molar-refractivity contribution in [2.75, 3.05) is 0 Å². The molecule has 2 bridgehead atoms. The lowest BCUT2D eigenvalue weighted by molar-refractivity contribution is -0.153. The summed E-state index contributed by atoms with van der Waals surface area (Å²) in [5.74, 6) is -1.64. The molecule has 3 saturated heterocycles. The van der Waals surface area contributed by atoms with Gasteiger partial charge in [-0.3, -0.25) is 19.8 Å². The van der Waals surface area contributed by atoms with Crippen LogP contribution in [-0.4, -0.2) is 41.0 Å². The minimum atomic E-state index is -0.837. The van der Waals surface area contributed by atoms with Gasteiger partial charge in [0.15, 0.2) is 6.10 Å². The number of carbonyl (C=O) groups excluding carboxylic acids is 3. The topological polar surface area (TPSA) is 84.9 Å². The number of ether oxygens (including phenoxy) is 2. The minimum absolute atomic E-state index is 0.200. The van der Waals surface area contributed by atoms with Gasteiger partial charge >= 0.3 is 0 Å². The zero-order valence-electron chi connectivity index (χ0n) is 14.1. The van der Waals surface area contributed by atoms with Crippen LogP contribution in [0, 0.1) is 18.8 Å². The predicted octanol–water partition coefficient (Wildman–Crippen LogP) is 0.956. The molecule has 3 amide bonds. The van der Waals surface area contributed by atoms with Gasteiger partial charge in [-0.2, -0.15) is 5.01 Å². The van der Waals surface area contributed by atoms with Gasteiger partial charge in [0, 0.05) is 0 Å². The van der Waals surface area contributed by atoms with Gasteiger partial charge < -0.3 is 9.47 Å². The molecule has 0 unspecified atom stereocenters. The summed E-state index contributed by atoms with van der Waals surface area (Å²) in [7, 11) is 0. The minimum Gasteiger partial charge on any atom is -0.481 e. The first-order chi connectivity index (χ1) is 12.0. The van der Waals surface area contributed by atoms with Crippen molar-refractivity contribution in [2.24, 2.45) is 11.8 Å². The Labute approximate surface area is 145 Å². The van der Waals surface area contributed by atoms with E-state index in [1.165, 1.54) is 0 Å². The number of nitrogens with one attached hydrogen (secondary N) is 1. The van der Waals surface area contributed by atoms with E-state index < -0.39 is 23.8 Å². The van der Waals surface area contributed by atoms with E-state index in [1.807, 2.05) is 25.1 Å². The maximum absolute atomic E-state index is 12.5. The fourth-order valence-electron chi connectivity index (χ4n) is 3.97. The molecule has 0 saturated carbocycles. The number of hydrogen-bond acceptors (Lipinski definition) is 5. The Morgan fingerprint density at radius 1 is 1.24 bits per heavy atom. The molecular weight excluding hydrogens is 324 g/mol. The maximum Gasteiger partial charge on any atom is 0.279 e. The third kappa shape index (κ3) is 2.59. The molecule has 1 N–H and O–H groups in total. The molecule has 3 aliphatic heterocycles. The first-order valence-electron chi connectivity index (χ1n) is 8.53. The normalized spacial score (nSPS) is 31.2. The van der Waals surface area contributed by atoms with E-state index >= 15 is 0 Å². The lowest BCUT2D eigenvalue weighted by atomic mass is 9.81. The van der Waals surface area contributed by atoms with Crippen LogP contribution in [0.25, 0.3) is 0 Å². The van der Waals surface area contributed by atoms with E-state index in [1.54, 1.807) is 13.0 Å². The molecule has 4 rings (SSSR count). The molecule has 1 aromatic carbocycles. The summed E-state index contributed by atoms with van der Waals surface area (Å²) in [6, 6.07) is 7.33. The Bertz CT molecular complexity index is 721. The molecule has 0 spiro atoms. The third-order valence-corrected chi connectivity index (χ3v) is 5.18. The Morgan fingerprint density at radius 2 is 1.88 bits per heavy atom. The van der Waals surface area contributed by atoms with Crippen LogP contribution in [0.1, 0.15) is 25.3 Å². The Hall–Kier alpha value is -2.41. The summed E-state index contributed by atoms with van der Waals surface area (Å²) in [6.45, 7) is 3.50. The highest BCUT2D eigenvalue weighted by Gasteiger charge is 2.63. The van der Waals surface area contributed by atoms with Crippen molar-refractivity contribution in [1.29, 1.82) is 0 Å². The average Bonchev–Trinajstić information content (AvgIpc) is 3.24. The average molecular weight is 344 g/mol. The number of amides is 3. The number of aryl methyl sites for hydroxylation is 1. The molecule has 7 heteroatoms. The van der Waals surface area contributed by atoms with E-state index in [9.17, 15) is 14.4 Å². The van der Waals surface area contributed by atoms with Crippen molar-refractivity contribution < 1.29 is 23.9 Å². The molecule has 0 radical (unpaired) electrons. The van der Waals surface area contributed by atoms with Crippen molar-refractivity contribution in [3.8, 4) is 5.75 Å². The van der Waals surface area contributed by atoms with Crippen molar-refractivity contribution in [3.63, 3.8) is 0 Å². The van der Waals surface area contributed by atoms with E-state index in [4.69, 9.17) is 9.47 Å². The van der Waals surface area contributed by atoms with E-state index in [0.717, 1.165) is 23.4 Å². The van der Waals surface area contributed by atoms with Gasteiger partial charge in [0.25, 0.3) is 17.7 Å². The maximum atomic E-state index is 12.5. The molecule has 5 atom stereocenters. The van der Waals surface area contributed by atoms with Crippen LogP contribution in [0.4, 0.5) is 0 Å². The molecule has 132 valence electrons. The van der Waals surface area contributed by atoms with Crippen LogP contribution in [0.2, 0.25) is 0 Å². The van der Waals surface area contributed by atoms with Crippen molar-refractivity contribution in [1.82, 2.24) is 10.4 Å². The molecule has 1 aromatic rings. The van der Waals surface area contributed by atoms with E-state index in [-0.39, 0.29) is 24.0 Å². The highest BCUT2D eigenvalue weighted by atomic mass is 16.5. The van der Waals surface area contributed by atoms with Crippen molar-refractivity contribution in [2.45, 2.75) is 45.0 Å². The summed E-state index contributed by atoms with van der Waals surface area (Å²) in [4.78, 5) is 37.4. The smallest absolute Gasteiger partial charge is 0.279 e. The van der Waals surface area contributed by atoms with Crippen molar-refractivity contribution in [3.05, 3.63) is 29.8 Å². The molecule has 25 heavy (non-hydrogen) atoms. The summed E-state index contributed by atoms with van der Waals surface area (Å²) in [5.41, 5.74) is 3.44. The van der Waals surface area contributed by atoms with Gasteiger partial charge in [-0.15, -0.1) is 0 Å². The van der Waals surface area contributed by atoms with E-state index in [0.29, 0.717) is 5.75 Å². The number of nitrogens with zero attached hydrogens (tertiary/aromatic N) is 1. The fourth-order valence-corrected chi connectivity index (χ4v) is 3.97. The second kappa shape index (κ2) is 5.84. The standard InChI is InChI=1S/C18H20N2O5/c1-9-4-3-5-11(8-9)24-10(2)16(21)19-20-17(22)14-12-6-7-13(25-12)15(14)18(20)23/h3-5,8,10,12-15H,6-7H2,1-2H3,(H,19,21)/t10-,12-,13-,14-,15+/m0/s1. The van der Waals surface area contributed by atoms with Crippen LogP contribution in [0.3, 0.4) is 0 Å². The molecule has 7 nitrogen and oxygen atoms in total. The predicted molar refractivity (Wildman–Crippen MR) is 86.1 cm³/mol. The monoisotopic (exact) mass is 344 g/mol. The van der Waals surface area contributed by atoms with Crippen LogP contribution in [0.5, 0.6) is 5.75 Å². The first-order valence-corrected chi connectivity index (χ1v) is 8.53. The number of hydrazine groups is 1. The Morgan fingerprint density at radius 3 is 2.48 bits per heavy atom. The number of carbonyl (C=O) groups is 3. The first kappa shape index (κ1) is 16.1. The van der Waals surface area contributed by atoms with Gasteiger partial charge in [0.2, 0.25) is 0 Å². The molecular formula is C18H20N2O5. The molecule has 0 aromatic heterocycles. The molecule has 3 fully saturated rings. The highest BCUT2D eigenvalue weighted by molar-refractivity contribution is 6.07. The number of benzene rings is 1. The summed E-state index contributed by atoms with van der Waals surface area (Å²) >= 11 is 0. The summed E-state index contributed by atoms with van der Waals surface area (Å²) < 4.78 is 11.3. The largest absolute Gasteiger partial charge is 0.481 e. The number of rotatable bonds is 4. The van der Waals surface area contributed by atoms with Gasteiger partial charge in [-0.1, -0.05) is 12.1 Å². The molecule has 3 heterocycles. The summed E-state index contributed by atoms with van der Waals surface area (Å²) in [5, 5.41) is 0.863. The van der Waals surface area contributed by atoms with Gasteiger partial charge in [0.1, 0.15) is 5.75 Å². The SMILES string of the molecule is Cc1cccc(O[C@@H](C)C(=O)NN2C(=O)[C@@H]3[C@H](C2=O)[C@@H]2CC[C@@H]3O2)c1. The number of imide groups is 1. The lowest BCUT2D eigenvalue weighted by Crippen LogP contribution is -2.51. The van der Waals surface area contributed by atoms with Crippen LogP contribution in [0.15, 0.2) is 24.3 Å². The molecule has 0 aliphatic carbocycles. The number of fused-ring (bicyclic) bond motifs is 5. The van der Waals surface area contributed by atoms with Gasteiger partial charge in [-0.25, -0.2) is 0 Å². The zero-order valence-corrected chi connectivity index (χ0v) is 14.1. The van der Waals surface area contributed by atoms with Gasteiger partial charge in [0.05, 0.1) is 24.0 Å². The highest BCUT2D eigenvalue weighted by Crippen LogP contribution is 2.48. The second-order valence-electron chi connectivity index (χ2n) is 6.91. The lowest BCUT2D eigenvalue weighted by Gasteiger charge is -2.21.